The third kappa shape index (κ3) is 21.7. The average Bonchev–Trinajstić information content (AvgIpc) is 1.50. The van der Waals surface area contributed by atoms with Gasteiger partial charge in [0.1, 0.15) is 0 Å². The van der Waals surface area contributed by atoms with Crippen LogP contribution in [0.15, 0.2) is 176 Å². The third-order valence-electron chi connectivity index (χ3n) is 19.5. The van der Waals surface area contributed by atoms with E-state index in [1.807, 2.05) is 72.8 Å². The Balaban J connectivity index is 0.00000271. The molecule has 510 valence electrons. The molecule has 24 heteroatoms. The smallest absolute Gasteiger partial charge is 0.545 e. The summed E-state index contributed by atoms with van der Waals surface area (Å²) in [6.45, 7) is 1.61. The number of hydrogen-bond donors (Lipinski definition) is 0. The Bertz CT molecular complexity index is 4780. The van der Waals surface area contributed by atoms with Gasteiger partial charge in [0.15, 0.2) is 0 Å². The molecule has 10 aliphatic heterocycles. The van der Waals surface area contributed by atoms with E-state index in [9.17, 15) is 59.4 Å². The summed E-state index contributed by atoms with van der Waals surface area (Å²) in [6, 6.07) is 43.3. The molecule has 0 N–H and O–H groups in total. The van der Waals surface area contributed by atoms with Crippen molar-refractivity contribution in [2.75, 3.05) is 39.3 Å². The second-order valence-electron chi connectivity index (χ2n) is 26.1. The standard InChI is InChI=1S/C84H72N6O12.6Na/c91-79(92)73-39-61-29-55-13-15-57-43-85-23-17-49-1-2-50(4-3-49)18-24-86-44-58-16-14-56-30-62-40-74(80(93)94)68-34-60(62)32-64-42-76(82(97)98)70(36-66(64)38-72(56)78(58)84(101)102)48-90-28-22-54-11-9-53(10-12-54)21-27-89-47-69-35-65(37-71(55)77(57)83(99)100)63(41-75(69)81(95)96)31-59(61)33-67(73)45-87-25-19-51-5-7-52(8-6-51)20-26-88-46-68;;;;;;/h1-16,33-36,39-48H,17-32,37-38H2,(H,91,92)(H,93,94)(H,95,96)(H,97,98)(H,99,100)(H,101,102);;;;;;/q;6*+1/p-6. The van der Waals surface area contributed by atoms with Crippen LogP contribution in [0.25, 0.3) is 0 Å². The van der Waals surface area contributed by atoms with E-state index in [1.165, 1.54) is 61.6 Å². The van der Waals surface area contributed by atoms with Gasteiger partial charge in [-0.05, 0) is 226 Å². The minimum absolute atomic E-state index is 0. The first-order valence-electron chi connectivity index (χ1n) is 33.9. The van der Waals surface area contributed by atoms with Crippen molar-refractivity contribution in [3.05, 3.63) is 312 Å². The van der Waals surface area contributed by atoms with Crippen LogP contribution in [0.4, 0.5) is 0 Å². The van der Waals surface area contributed by atoms with Crippen LogP contribution >= 0.6 is 0 Å². The van der Waals surface area contributed by atoms with E-state index in [2.05, 4.69) is 9.98 Å². The summed E-state index contributed by atoms with van der Waals surface area (Å²) in [7, 11) is 0. The number of aromatic carboxylic acids is 6. The summed E-state index contributed by atoms with van der Waals surface area (Å²) < 4.78 is 0. The van der Waals surface area contributed by atoms with Gasteiger partial charge < -0.3 is 59.4 Å². The number of carboxylic acid groups (broad SMARTS) is 6. The number of benzene rings is 9. The fourth-order valence-corrected chi connectivity index (χ4v) is 14.1. The van der Waals surface area contributed by atoms with Crippen molar-refractivity contribution in [3.63, 3.8) is 0 Å². The van der Waals surface area contributed by atoms with Gasteiger partial charge in [0, 0.05) is 143 Å². The zero-order valence-electron chi connectivity index (χ0n) is 61.6. The zero-order valence-corrected chi connectivity index (χ0v) is 73.6. The van der Waals surface area contributed by atoms with Crippen molar-refractivity contribution in [2.45, 2.75) is 77.0 Å². The van der Waals surface area contributed by atoms with E-state index in [0.29, 0.717) is 105 Å². The average molecular weight is 1490 g/mol. The normalized spacial score (nSPS) is 13.8. The van der Waals surface area contributed by atoms with Gasteiger partial charge in [0.25, 0.3) is 0 Å². The summed E-state index contributed by atoms with van der Waals surface area (Å²) in [4.78, 5) is 108. The Kier molecular flexibility index (Phi) is 34.1. The number of carboxylic acids is 6. The van der Waals surface area contributed by atoms with E-state index in [0.717, 1.165) is 33.4 Å². The van der Waals surface area contributed by atoms with Gasteiger partial charge >= 0.3 is 177 Å². The molecular formula is C84H66N6Na6O12. The SMILES string of the molecule is O=C([O-])c1cc2c3cc1C=NCCc1ccc(cc1)CCN=Cc1cc4c(cc1C(=O)[O-])Cc1cc5c(C(=O)[O-])cc1Cc1ccc(c(C(=O)[O-])c1C4)C=NCCc1ccc(cc1)CCN=Cc1ccc(c(c1C(=O)[O-])C3)Cc1cc(C(=O)[O-])c(cc1C2)C=NCCc1ccc(cc1)CCN=C5.[Na+].[Na+].[Na+].[Na+].[Na+].[Na+]. The van der Waals surface area contributed by atoms with Crippen LogP contribution in [0.2, 0.25) is 0 Å². The van der Waals surface area contributed by atoms with Gasteiger partial charge in [-0.1, -0.05) is 97.1 Å². The second kappa shape index (κ2) is 41.4. The molecule has 18 nitrogen and oxygen atoms in total. The van der Waals surface area contributed by atoms with Crippen LogP contribution in [0.5, 0.6) is 0 Å². The van der Waals surface area contributed by atoms with Crippen LogP contribution in [-0.4, -0.2) is 112 Å². The van der Waals surface area contributed by atoms with Crippen molar-refractivity contribution in [3.8, 4) is 0 Å². The zero-order chi connectivity index (χ0) is 71.0. The van der Waals surface area contributed by atoms with Crippen LogP contribution in [0.3, 0.4) is 0 Å². The van der Waals surface area contributed by atoms with E-state index >= 15 is 0 Å². The van der Waals surface area contributed by atoms with Crippen LogP contribution in [0.1, 0.15) is 196 Å². The molecule has 0 saturated carbocycles. The first kappa shape index (κ1) is 89.0. The second-order valence-corrected chi connectivity index (χ2v) is 26.1. The van der Waals surface area contributed by atoms with Crippen molar-refractivity contribution < 1.29 is 237 Å². The Morgan fingerprint density at radius 1 is 0.222 bits per heavy atom. The summed E-state index contributed by atoms with van der Waals surface area (Å²) >= 11 is 0. The maximum absolute atomic E-state index is 13.6. The van der Waals surface area contributed by atoms with Gasteiger partial charge in [0.05, 0.1) is 35.8 Å². The number of fused-ring (bicyclic) bond motifs is 1. The molecule has 21 rings (SSSR count). The molecule has 0 amide bonds. The van der Waals surface area contributed by atoms with E-state index in [-0.39, 0.29) is 322 Å². The number of carbonyl (C=O) groups excluding carboxylic acids is 6. The molecule has 0 aromatic heterocycles. The van der Waals surface area contributed by atoms with Gasteiger partial charge in [-0.3, -0.25) is 30.0 Å². The Morgan fingerprint density at radius 3 is 0.630 bits per heavy atom. The van der Waals surface area contributed by atoms with Gasteiger partial charge in [-0.15, -0.1) is 0 Å². The fraction of sp³-hybridized carbons (Fsp3) is 0.214. The minimum atomic E-state index is -1.46. The Labute approximate surface area is 758 Å². The Morgan fingerprint density at radius 2 is 0.417 bits per heavy atom. The van der Waals surface area contributed by atoms with Crippen molar-refractivity contribution in [2.24, 2.45) is 30.0 Å². The molecule has 9 aromatic carbocycles. The van der Waals surface area contributed by atoms with Gasteiger partial charge in [-0.25, -0.2) is 0 Å². The van der Waals surface area contributed by atoms with E-state index < -0.39 is 35.8 Å². The topological polar surface area (TPSA) is 315 Å². The molecule has 9 aromatic rings. The first-order chi connectivity index (χ1) is 49.5. The third-order valence-corrected chi connectivity index (χ3v) is 19.5. The summed E-state index contributed by atoms with van der Waals surface area (Å²) in [5, 5.41) is 79.8. The summed E-state index contributed by atoms with van der Waals surface area (Å²) in [5.74, 6) is -8.76. The van der Waals surface area contributed by atoms with Crippen molar-refractivity contribution in [1.82, 2.24) is 0 Å². The number of aliphatic imine (C=N–C) groups is 6. The molecule has 12 aliphatic rings. The quantitative estimate of drug-likeness (QED) is 0.140. The molecular weight excluding hydrogens is 1420 g/mol. The fourth-order valence-electron chi connectivity index (χ4n) is 14.1. The number of rotatable bonds is 6. The number of nitrogens with zero attached hydrogens (tertiary/aromatic N) is 6. The summed E-state index contributed by atoms with van der Waals surface area (Å²) in [5.41, 5.74) is 12.9. The first-order valence-corrected chi connectivity index (χ1v) is 33.9. The molecule has 0 spiro atoms. The molecule has 0 unspecified atom stereocenters. The molecule has 20 bridgehead atoms. The molecule has 0 radical (unpaired) electrons. The molecule has 10 heterocycles. The van der Waals surface area contributed by atoms with E-state index in [1.54, 1.807) is 48.5 Å². The predicted molar refractivity (Wildman–Crippen MR) is 378 cm³/mol. The maximum Gasteiger partial charge on any atom is 1.00 e. The van der Waals surface area contributed by atoms with Crippen molar-refractivity contribution >= 4 is 73.1 Å². The molecule has 2 aliphatic carbocycles. The monoisotopic (exact) mass is 1490 g/mol. The molecule has 0 fully saturated rings. The van der Waals surface area contributed by atoms with Crippen LogP contribution < -0.4 is 208 Å². The predicted octanol–water partition coefficient (Wildman–Crippen LogP) is -13.3. The number of hydrogen-bond acceptors (Lipinski definition) is 18. The van der Waals surface area contributed by atoms with Crippen molar-refractivity contribution in [1.29, 1.82) is 0 Å². The summed E-state index contributed by atoms with van der Waals surface area (Å²) in [6.07, 6.45) is 12.3. The molecule has 0 atom stereocenters. The minimum Gasteiger partial charge on any atom is -0.545 e. The van der Waals surface area contributed by atoms with Crippen LogP contribution in [-0.2, 0) is 77.0 Å². The maximum atomic E-state index is 13.6. The van der Waals surface area contributed by atoms with Gasteiger partial charge in [0.2, 0.25) is 0 Å². The van der Waals surface area contributed by atoms with Crippen LogP contribution in [0, 0.1) is 0 Å². The molecule has 108 heavy (non-hydrogen) atoms. The largest absolute Gasteiger partial charge is 1.00 e. The Hall–Kier alpha value is -6.18. The van der Waals surface area contributed by atoms with Gasteiger partial charge in [-0.2, -0.15) is 0 Å². The van der Waals surface area contributed by atoms with E-state index in [4.69, 9.17) is 20.0 Å². The number of carbonyl (C=O) groups is 6. The molecule has 0 saturated heterocycles.